The first-order valence-electron chi connectivity index (χ1n) is 9.12. The summed E-state index contributed by atoms with van der Waals surface area (Å²) < 4.78 is 25.0. The molecule has 1 aromatic heterocycles. The molecule has 0 radical (unpaired) electrons. The van der Waals surface area contributed by atoms with Gasteiger partial charge >= 0.3 is 0 Å². The lowest BCUT2D eigenvalue weighted by Crippen LogP contribution is -2.30. The number of hydrogen-bond acceptors (Lipinski definition) is 5. The first kappa shape index (κ1) is 18.2. The SMILES string of the molecule is COc1cccc(-c2nnc(C3CCCN3C(=O)c3ccc(C)c(F)c3)o2)c1. The molecule has 0 bridgehead atoms. The van der Waals surface area contributed by atoms with Crippen LogP contribution < -0.4 is 4.74 Å². The maximum Gasteiger partial charge on any atom is 0.254 e. The number of likely N-dealkylation sites (tertiary alicyclic amines) is 1. The second-order valence-corrected chi connectivity index (χ2v) is 6.80. The number of carbonyl (C=O) groups is 1. The number of halogens is 1. The molecule has 1 aliphatic rings. The van der Waals surface area contributed by atoms with E-state index in [0.29, 0.717) is 35.2 Å². The summed E-state index contributed by atoms with van der Waals surface area (Å²) in [7, 11) is 1.59. The van der Waals surface area contributed by atoms with Crippen LogP contribution in [0.1, 0.15) is 40.7 Å². The molecule has 28 heavy (non-hydrogen) atoms. The van der Waals surface area contributed by atoms with Gasteiger partial charge in [0, 0.05) is 17.7 Å². The van der Waals surface area contributed by atoms with Gasteiger partial charge in [-0.05, 0) is 55.7 Å². The Morgan fingerprint density at radius 3 is 2.89 bits per heavy atom. The fourth-order valence-corrected chi connectivity index (χ4v) is 3.40. The molecule has 1 atom stereocenters. The molecular weight excluding hydrogens is 361 g/mol. The molecule has 0 aliphatic carbocycles. The summed E-state index contributed by atoms with van der Waals surface area (Å²) in [5.74, 6) is 0.823. The lowest BCUT2D eigenvalue weighted by Gasteiger charge is -2.22. The molecule has 1 saturated heterocycles. The van der Waals surface area contributed by atoms with Gasteiger partial charge in [0.15, 0.2) is 0 Å². The average Bonchev–Trinajstić information content (AvgIpc) is 3.39. The average molecular weight is 381 g/mol. The summed E-state index contributed by atoms with van der Waals surface area (Å²) >= 11 is 0. The first-order chi connectivity index (χ1) is 13.6. The van der Waals surface area contributed by atoms with Crippen molar-refractivity contribution in [2.75, 3.05) is 13.7 Å². The van der Waals surface area contributed by atoms with Crippen LogP contribution in [-0.4, -0.2) is 34.7 Å². The van der Waals surface area contributed by atoms with Crippen molar-refractivity contribution >= 4 is 5.91 Å². The van der Waals surface area contributed by atoms with Gasteiger partial charge in [-0.25, -0.2) is 4.39 Å². The summed E-state index contributed by atoms with van der Waals surface area (Å²) in [6, 6.07) is 11.6. The van der Waals surface area contributed by atoms with E-state index in [4.69, 9.17) is 9.15 Å². The smallest absolute Gasteiger partial charge is 0.254 e. The predicted molar refractivity (Wildman–Crippen MR) is 100 cm³/mol. The molecule has 7 heteroatoms. The normalized spacial score (nSPS) is 16.4. The molecule has 144 valence electrons. The minimum Gasteiger partial charge on any atom is -0.497 e. The van der Waals surface area contributed by atoms with Crippen LogP contribution in [0.3, 0.4) is 0 Å². The number of hydrogen-bond donors (Lipinski definition) is 0. The number of methoxy groups -OCH3 is 1. The molecule has 0 spiro atoms. The van der Waals surface area contributed by atoms with Crippen molar-refractivity contribution in [3.63, 3.8) is 0 Å². The minimum absolute atomic E-state index is 0.234. The quantitative estimate of drug-likeness (QED) is 0.678. The van der Waals surface area contributed by atoms with Crippen LogP contribution in [-0.2, 0) is 0 Å². The lowest BCUT2D eigenvalue weighted by molar-refractivity contribution is 0.0715. The van der Waals surface area contributed by atoms with Gasteiger partial charge in [-0.15, -0.1) is 10.2 Å². The number of benzene rings is 2. The van der Waals surface area contributed by atoms with E-state index in [1.807, 2.05) is 24.3 Å². The van der Waals surface area contributed by atoms with Crippen molar-refractivity contribution in [3.8, 4) is 17.2 Å². The van der Waals surface area contributed by atoms with Crippen molar-refractivity contribution in [2.24, 2.45) is 0 Å². The molecule has 3 aromatic rings. The molecule has 1 fully saturated rings. The monoisotopic (exact) mass is 381 g/mol. The van der Waals surface area contributed by atoms with E-state index in [1.165, 1.54) is 6.07 Å². The van der Waals surface area contributed by atoms with Gasteiger partial charge in [0.05, 0.1) is 7.11 Å². The van der Waals surface area contributed by atoms with Crippen LogP contribution >= 0.6 is 0 Å². The minimum atomic E-state index is -0.389. The third-order valence-corrected chi connectivity index (χ3v) is 4.97. The second kappa shape index (κ2) is 7.42. The van der Waals surface area contributed by atoms with Gasteiger partial charge in [-0.1, -0.05) is 12.1 Å². The van der Waals surface area contributed by atoms with Gasteiger partial charge in [-0.3, -0.25) is 4.79 Å². The predicted octanol–water partition coefficient (Wildman–Crippen LogP) is 4.17. The van der Waals surface area contributed by atoms with Crippen molar-refractivity contribution < 1.29 is 18.3 Å². The highest BCUT2D eigenvalue weighted by Crippen LogP contribution is 2.34. The highest BCUT2D eigenvalue weighted by molar-refractivity contribution is 5.94. The molecular formula is C21H20FN3O3. The van der Waals surface area contributed by atoms with Gasteiger partial charge in [-0.2, -0.15) is 0 Å². The molecule has 2 aromatic carbocycles. The number of rotatable bonds is 4. The molecule has 4 rings (SSSR count). The van der Waals surface area contributed by atoms with Crippen molar-refractivity contribution in [1.82, 2.24) is 15.1 Å². The number of nitrogens with zero attached hydrogens (tertiary/aromatic N) is 3. The van der Waals surface area contributed by atoms with E-state index in [9.17, 15) is 9.18 Å². The summed E-state index contributed by atoms with van der Waals surface area (Å²) in [5, 5.41) is 8.29. The van der Waals surface area contributed by atoms with Crippen molar-refractivity contribution in [1.29, 1.82) is 0 Å². The van der Waals surface area contributed by atoms with E-state index in [2.05, 4.69) is 10.2 Å². The Morgan fingerprint density at radius 2 is 2.11 bits per heavy atom. The summed E-state index contributed by atoms with van der Waals surface area (Å²) in [4.78, 5) is 14.6. The lowest BCUT2D eigenvalue weighted by atomic mass is 10.1. The van der Waals surface area contributed by atoms with E-state index >= 15 is 0 Å². The zero-order chi connectivity index (χ0) is 19.7. The van der Waals surface area contributed by atoms with Gasteiger partial charge in [0.2, 0.25) is 11.8 Å². The molecule has 2 heterocycles. The van der Waals surface area contributed by atoms with Crippen molar-refractivity contribution in [2.45, 2.75) is 25.8 Å². The van der Waals surface area contributed by atoms with Gasteiger partial charge in [0.25, 0.3) is 5.91 Å². The number of carbonyl (C=O) groups excluding carboxylic acids is 1. The Hall–Kier alpha value is -3.22. The third kappa shape index (κ3) is 3.35. The van der Waals surface area contributed by atoms with Crippen LogP contribution in [0.4, 0.5) is 4.39 Å². The van der Waals surface area contributed by atoms with E-state index in [0.717, 1.165) is 18.4 Å². The number of aryl methyl sites for hydroxylation is 1. The largest absolute Gasteiger partial charge is 0.497 e. The third-order valence-electron chi connectivity index (χ3n) is 4.97. The van der Waals surface area contributed by atoms with Crippen LogP contribution in [0, 0.1) is 12.7 Å². The second-order valence-electron chi connectivity index (χ2n) is 6.80. The Bertz CT molecular complexity index is 1020. The highest BCUT2D eigenvalue weighted by Gasteiger charge is 2.34. The van der Waals surface area contributed by atoms with Gasteiger partial charge < -0.3 is 14.1 Å². The topological polar surface area (TPSA) is 68.5 Å². The Labute approximate surface area is 161 Å². The van der Waals surface area contributed by atoms with E-state index in [1.54, 1.807) is 31.1 Å². The zero-order valence-electron chi connectivity index (χ0n) is 15.7. The van der Waals surface area contributed by atoms with Gasteiger partial charge in [0.1, 0.15) is 17.6 Å². The summed E-state index contributed by atoms with van der Waals surface area (Å²) in [6.45, 7) is 2.23. The van der Waals surface area contributed by atoms with E-state index < -0.39 is 0 Å². The van der Waals surface area contributed by atoms with Crippen molar-refractivity contribution in [3.05, 3.63) is 65.3 Å². The maximum atomic E-state index is 13.9. The van der Waals surface area contributed by atoms with Crippen LogP contribution in [0.5, 0.6) is 5.75 Å². The molecule has 0 saturated carbocycles. The Morgan fingerprint density at radius 1 is 1.25 bits per heavy atom. The van der Waals surface area contributed by atoms with Crippen LogP contribution in [0.2, 0.25) is 0 Å². The fourth-order valence-electron chi connectivity index (χ4n) is 3.40. The van der Waals surface area contributed by atoms with Crippen LogP contribution in [0.15, 0.2) is 46.9 Å². The molecule has 1 aliphatic heterocycles. The highest BCUT2D eigenvalue weighted by atomic mass is 19.1. The van der Waals surface area contributed by atoms with Crippen LogP contribution in [0.25, 0.3) is 11.5 Å². The first-order valence-corrected chi connectivity index (χ1v) is 9.12. The number of aromatic nitrogens is 2. The summed E-state index contributed by atoms with van der Waals surface area (Å²) in [5.41, 5.74) is 1.58. The molecule has 1 amide bonds. The summed E-state index contributed by atoms with van der Waals surface area (Å²) in [6.07, 6.45) is 1.54. The molecule has 1 unspecified atom stereocenters. The zero-order valence-corrected chi connectivity index (χ0v) is 15.7. The Kier molecular flexibility index (Phi) is 4.81. The number of ether oxygens (including phenoxy) is 1. The fraction of sp³-hybridized carbons (Fsp3) is 0.286. The Balaban J connectivity index is 1.59. The molecule has 0 N–H and O–H groups in total. The standard InChI is InChI=1S/C21H20FN3O3/c1-13-8-9-15(12-17(13)22)21(26)25-10-4-7-18(25)20-24-23-19(28-20)14-5-3-6-16(11-14)27-2/h3,5-6,8-9,11-12,18H,4,7,10H2,1-2H3. The molecule has 6 nitrogen and oxygen atoms in total. The number of amides is 1. The maximum absolute atomic E-state index is 13.9. The van der Waals surface area contributed by atoms with E-state index in [-0.39, 0.29) is 17.8 Å².